The molecule has 1 aromatic heterocycles. The van der Waals surface area contributed by atoms with Gasteiger partial charge in [0.1, 0.15) is 16.6 Å². The summed E-state index contributed by atoms with van der Waals surface area (Å²) >= 11 is 0.955. The number of rotatable bonds is 5. The topological polar surface area (TPSA) is 89.0 Å². The quantitative estimate of drug-likeness (QED) is 0.738. The molecule has 9 heteroatoms. The van der Waals surface area contributed by atoms with Gasteiger partial charge in [0.15, 0.2) is 9.84 Å². The van der Waals surface area contributed by atoms with Gasteiger partial charge in [-0.15, -0.1) is 10.2 Å². The van der Waals surface area contributed by atoms with Gasteiger partial charge in [0.2, 0.25) is 5.13 Å². The second-order valence-corrected chi connectivity index (χ2v) is 8.09. The van der Waals surface area contributed by atoms with Gasteiger partial charge in [-0.05, 0) is 30.3 Å². The third kappa shape index (κ3) is 4.25. The zero-order chi connectivity index (χ0) is 17.9. The molecule has 1 N–H and O–H groups in total. The van der Waals surface area contributed by atoms with Crippen LogP contribution in [0.3, 0.4) is 0 Å². The highest BCUT2D eigenvalue weighted by atomic mass is 32.2. The Morgan fingerprint density at radius 3 is 2.56 bits per heavy atom. The van der Waals surface area contributed by atoms with Crippen molar-refractivity contribution in [2.45, 2.75) is 10.6 Å². The Morgan fingerprint density at radius 1 is 1.08 bits per heavy atom. The first-order chi connectivity index (χ1) is 11.9. The molecule has 0 saturated heterocycles. The number of carbonyl (C=O) groups excluding carboxylic acids is 1. The van der Waals surface area contributed by atoms with E-state index in [2.05, 4.69) is 15.5 Å². The minimum atomic E-state index is -3.54. The van der Waals surface area contributed by atoms with E-state index in [1.807, 2.05) is 0 Å². The molecule has 0 atom stereocenters. The smallest absolute Gasteiger partial charge is 0.257 e. The molecule has 0 aliphatic rings. The average Bonchev–Trinajstić information content (AvgIpc) is 3.02. The number of sulfone groups is 1. The number of benzene rings is 2. The number of amides is 1. The molecular formula is C16H12FN3O3S2. The lowest BCUT2D eigenvalue weighted by molar-refractivity contribution is 0.102. The lowest BCUT2D eigenvalue weighted by atomic mass is 10.2. The van der Waals surface area contributed by atoms with Crippen molar-refractivity contribution in [1.29, 1.82) is 0 Å². The molecule has 2 aromatic carbocycles. The molecule has 3 aromatic rings. The summed E-state index contributed by atoms with van der Waals surface area (Å²) < 4.78 is 37.7. The van der Waals surface area contributed by atoms with Crippen molar-refractivity contribution in [3.05, 3.63) is 71.0 Å². The van der Waals surface area contributed by atoms with Crippen molar-refractivity contribution >= 4 is 32.2 Å². The van der Waals surface area contributed by atoms with Crippen LogP contribution < -0.4 is 5.32 Å². The lowest BCUT2D eigenvalue weighted by Crippen LogP contribution is -2.11. The molecule has 0 fully saturated rings. The Kier molecular flexibility index (Phi) is 4.86. The number of nitrogens with one attached hydrogen (secondary N) is 1. The largest absolute Gasteiger partial charge is 0.296 e. The Bertz CT molecular complexity index is 1000. The molecule has 1 heterocycles. The van der Waals surface area contributed by atoms with Crippen LogP contribution in [0.5, 0.6) is 0 Å². The van der Waals surface area contributed by atoms with Crippen LogP contribution in [0.4, 0.5) is 9.52 Å². The summed E-state index contributed by atoms with van der Waals surface area (Å²) in [6.07, 6.45) is 0. The van der Waals surface area contributed by atoms with Crippen molar-refractivity contribution in [3.8, 4) is 0 Å². The van der Waals surface area contributed by atoms with Gasteiger partial charge >= 0.3 is 0 Å². The molecule has 1 amide bonds. The van der Waals surface area contributed by atoms with Crippen molar-refractivity contribution in [3.63, 3.8) is 0 Å². The number of halogens is 1. The number of anilines is 1. The SMILES string of the molecule is O=C(Nc1nnc(CS(=O)(=O)c2ccccc2)s1)c1cccc(F)c1. The van der Waals surface area contributed by atoms with Gasteiger partial charge < -0.3 is 0 Å². The Balaban J connectivity index is 1.72. The fraction of sp³-hybridized carbons (Fsp3) is 0.0625. The van der Waals surface area contributed by atoms with Gasteiger partial charge in [-0.1, -0.05) is 35.6 Å². The van der Waals surface area contributed by atoms with Crippen LogP contribution in [0.1, 0.15) is 15.4 Å². The highest BCUT2D eigenvalue weighted by Crippen LogP contribution is 2.22. The van der Waals surface area contributed by atoms with E-state index in [4.69, 9.17) is 0 Å². The van der Waals surface area contributed by atoms with Gasteiger partial charge in [-0.3, -0.25) is 10.1 Å². The Hall–Kier alpha value is -2.65. The number of aromatic nitrogens is 2. The van der Waals surface area contributed by atoms with E-state index in [1.54, 1.807) is 18.2 Å². The number of hydrogen-bond acceptors (Lipinski definition) is 6. The molecule has 3 rings (SSSR count). The van der Waals surface area contributed by atoms with E-state index in [0.717, 1.165) is 17.4 Å². The van der Waals surface area contributed by atoms with E-state index in [-0.39, 0.29) is 26.4 Å². The van der Waals surface area contributed by atoms with Crippen molar-refractivity contribution in [1.82, 2.24) is 10.2 Å². The predicted octanol–water partition coefficient (Wildman–Crippen LogP) is 2.90. The molecule has 0 bridgehead atoms. The highest BCUT2D eigenvalue weighted by Gasteiger charge is 2.19. The average molecular weight is 377 g/mol. The summed E-state index contributed by atoms with van der Waals surface area (Å²) in [5, 5.41) is 10.4. The summed E-state index contributed by atoms with van der Waals surface area (Å²) in [7, 11) is -3.54. The number of carbonyl (C=O) groups is 1. The predicted molar refractivity (Wildman–Crippen MR) is 91.6 cm³/mol. The number of hydrogen-bond donors (Lipinski definition) is 1. The summed E-state index contributed by atoms with van der Waals surface area (Å²) in [4.78, 5) is 12.2. The third-order valence-corrected chi connectivity index (χ3v) is 5.86. The first-order valence-corrected chi connectivity index (χ1v) is 9.58. The lowest BCUT2D eigenvalue weighted by Gasteiger charge is -2.01. The fourth-order valence-corrected chi connectivity index (χ4v) is 4.39. The van der Waals surface area contributed by atoms with Crippen LogP contribution in [0, 0.1) is 5.82 Å². The Morgan fingerprint density at radius 2 is 1.84 bits per heavy atom. The maximum atomic E-state index is 13.1. The van der Waals surface area contributed by atoms with Crippen LogP contribution in [0.25, 0.3) is 0 Å². The van der Waals surface area contributed by atoms with E-state index in [0.29, 0.717) is 0 Å². The van der Waals surface area contributed by atoms with Crippen molar-refractivity contribution < 1.29 is 17.6 Å². The van der Waals surface area contributed by atoms with Gasteiger partial charge in [-0.2, -0.15) is 0 Å². The first-order valence-electron chi connectivity index (χ1n) is 7.11. The summed E-state index contributed by atoms with van der Waals surface area (Å²) in [5.41, 5.74) is 0.133. The fourth-order valence-electron chi connectivity index (χ4n) is 2.04. The van der Waals surface area contributed by atoms with Gasteiger partial charge in [-0.25, -0.2) is 12.8 Å². The maximum absolute atomic E-state index is 13.1. The number of nitrogens with zero attached hydrogens (tertiary/aromatic N) is 2. The molecule has 0 saturated carbocycles. The van der Waals surface area contributed by atoms with Gasteiger partial charge in [0.05, 0.1) is 4.90 Å². The molecule has 0 radical (unpaired) electrons. The van der Waals surface area contributed by atoms with Crippen LogP contribution in [0.2, 0.25) is 0 Å². The zero-order valence-electron chi connectivity index (χ0n) is 12.7. The molecule has 128 valence electrons. The second-order valence-electron chi connectivity index (χ2n) is 5.04. The first kappa shape index (κ1) is 17.2. The van der Waals surface area contributed by atoms with Crippen LogP contribution in [-0.4, -0.2) is 24.5 Å². The summed E-state index contributed by atoms with van der Waals surface area (Å²) in [6, 6.07) is 13.2. The summed E-state index contributed by atoms with van der Waals surface area (Å²) in [6.45, 7) is 0. The maximum Gasteiger partial charge on any atom is 0.257 e. The molecule has 0 aliphatic heterocycles. The van der Waals surface area contributed by atoms with E-state index in [9.17, 15) is 17.6 Å². The molecule has 6 nitrogen and oxygen atoms in total. The third-order valence-electron chi connectivity index (χ3n) is 3.19. The molecule has 25 heavy (non-hydrogen) atoms. The van der Waals surface area contributed by atoms with Gasteiger partial charge in [0.25, 0.3) is 5.91 Å². The minimum absolute atomic E-state index is 0.133. The van der Waals surface area contributed by atoms with Crippen molar-refractivity contribution in [2.75, 3.05) is 5.32 Å². The normalized spacial score (nSPS) is 11.2. The van der Waals surface area contributed by atoms with Gasteiger partial charge in [0, 0.05) is 5.56 Å². The molecule has 0 spiro atoms. The molecule has 0 aliphatic carbocycles. The molecule has 0 unspecified atom stereocenters. The second kappa shape index (κ2) is 7.08. The van der Waals surface area contributed by atoms with Crippen LogP contribution in [-0.2, 0) is 15.6 Å². The van der Waals surface area contributed by atoms with Crippen molar-refractivity contribution in [2.24, 2.45) is 0 Å². The van der Waals surface area contributed by atoms with E-state index < -0.39 is 21.6 Å². The van der Waals surface area contributed by atoms with Crippen LogP contribution in [0.15, 0.2) is 59.5 Å². The standard InChI is InChI=1S/C16H12FN3O3S2/c17-12-6-4-5-11(9-12)15(21)18-16-20-19-14(24-16)10-25(22,23)13-7-2-1-3-8-13/h1-9H,10H2,(H,18,20,21). The molecular weight excluding hydrogens is 365 g/mol. The van der Waals surface area contributed by atoms with Crippen LogP contribution >= 0.6 is 11.3 Å². The highest BCUT2D eigenvalue weighted by molar-refractivity contribution is 7.90. The monoisotopic (exact) mass is 377 g/mol. The zero-order valence-corrected chi connectivity index (χ0v) is 14.3. The summed E-state index contributed by atoms with van der Waals surface area (Å²) in [5.74, 6) is -1.39. The Labute approximate surface area is 147 Å². The van der Waals surface area contributed by atoms with E-state index in [1.165, 1.54) is 30.3 Å². The minimum Gasteiger partial charge on any atom is -0.296 e. The van der Waals surface area contributed by atoms with E-state index >= 15 is 0 Å².